The summed E-state index contributed by atoms with van der Waals surface area (Å²) in [6, 6.07) is 2.92. The van der Waals surface area contributed by atoms with Crippen LogP contribution in [0.4, 0.5) is 17.3 Å². The fourth-order valence-corrected chi connectivity index (χ4v) is 2.38. The molecule has 2 aromatic rings. The van der Waals surface area contributed by atoms with Crippen molar-refractivity contribution >= 4 is 29.1 Å². The van der Waals surface area contributed by atoms with Gasteiger partial charge in [0.25, 0.3) is 5.91 Å². The number of nitrogens with zero attached hydrogens (tertiary/aromatic N) is 3. The van der Waals surface area contributed by atoms with Crippen molar-refractivity contribution in [2.24, 2.45) is 17.4 Å². The second kappa shape index (κ2) is 8.24. The standard InChI is InChI=1S/C17H23N7O2/c1-9(2)6-12(15(18)25)23-13-8-21-14(16(19)26)17(24-13)22-11-4-5-20-10(3)7-11/h4-5,7-9,12H,6H2,1-3H3,(H2,18,25)(H2,19,26)(H2,20,22,23,24)/t12-/m1/s1. The molecule has 0 aliphatic carbocycles. The third-order valence-corrected chi connectivity index (χ3v) is 3.54. The molecule has 0 spiro atoms. The van der Waals surface area contributed by atoms with Crippen LogP contribution in [0.5, 0.6) is 0 Å². The number of nitrogens with two attached hydrogens (primary N) is 2. The highest BCUT2D eigenvalue weighted by molar-refractivity contribution is 5.96. The van der Waals surface area contributed by atoms with Gasteiger partial charge in [0.05, 0.1) is 6.20 Å². The Bertz CT molecular complexity index is 807. The van der Waals surface area contributed by atoms with Crippen molar-refractivity contribution in [2.45, 2.75) is 33.2 Å². The number of hydrogen-bond donors (Lipinski definition) is 4. The van der Waals surface area contributed by atoms with Crippen LogP contribution in [0, 0.1) is 12.8 Å². The molecule has 26 heavy (non-hydrogen) atoms. The Morgan fingerprint density at radius 2 is 1.96 bits per heavy atom. The SMILES string of the molecule is Cc1cc(Nc2nc(N[C@H](CC(C)C)C(N)=O)cnc2C(N)=O)ccn1. The number of nitrogens with one attached hydrogen (secondary N) is 2. The van der Waals surface area contributed by atoms with Gasteiger partial charge in [0.2, 0.25) is 5.91 Å². The maximum atomic E-state index is 11.6. The smallest absolute Gasteiger partial charge is 0.271 e. The predicted octanol–water partition coefficient (Wildman–Crippen LogP) is 1.33. The van der Waals surface area contributed by atoms with E-state index in [1.165, 1.54) is 6.20 Å². The molecule has 0 bridgehead atoms. The second-order valence-corrected chi connectivity index (χ2v) is 6.36. The van der Waals surface area contributed by atoms with Crippen LogP contribution in [-0.4, -0.2) is 32.8 Å². The van der Waals surface area contributed by atoms with Gasteiger partial charge in [0.15, 0.2) is 11.5 Å². The van der Waals surface area contributed by atoms with Gasteiger partial charge in [0, 0.05) is 17.6 Å². The van der Waals surface area contributed by atoms with Gasteiger partial charge in [-0.25, -0.2) is 9.97 Å². The molecule has 0 saturated heterocycles. The maximum absolute atomic E-state index is 11.6. The number of carbonyl (C=O) groups excluding carboxylic acids is 2. The van der Waals surface area contributed by atoms with E-state index < -0.39 is 17.9 Å². The van der Waals surface area contributed by atoms with E-state index in [9.17, 15) is 9.59 Å². The molecule has 0 saturated carbocycles. The first-order valence-corrected chi connectivity index (χ1v) is 8.18. The fourth-order valence-electron chi connectivity index (χ4n) is 2.38. The lowest BCUT2D eigenvalue weighted by molar-refractivity contribution is -0.119. The number of aromatic nitrogens is 3. The van der Waals surface area contributed by atoms with Gasteiger partial charge in [-0.05, 0) is 31.4 Å². The van der Waals surface area contributed by atoms with Crippen molar-refractivity contribution in [2.75, 3.05) is 10.6 Å². The Balaban J connectivity index is 2.32. The molecule has 0 aliphatic rings. The molecule has 2 rings (SSSR count). The largest absolute Gasteiger partial charge is 0.368 e. The van der Waals surface area contributed by atoms with Crippen LogP contribution in [0.3, 0.4) is 0 Å². The highest BCUT2D eigenvalue weighted by Crippen LogP contribution is 2.20. The summed E-state index contributed by atoms with van der Waals surface area (Å²) in [7, 11) is 0. The van der Waals surface area contributed by atoms with E-state index in [1.807, 2.05) is 20.8 Å². The molecule has 0 unspecified atom stereocenters. The Labute approximate surface area is 151 Å². The van der Waals surface area contributed by atoms with Gasteiger partial charge < -0.3 is 22.1 Å². The zero-order valence-corrected chi connectivity index (χ0v) is 15.0. The first kappa shape index (κ1) is 19.1. The van der Waals surface area contributed by atoms with Crippen LogP contribution in [0.2, 0.25) is 0 Å². The average Bonchev–Trinajstić information content (AvgIpc) is 2.53. The molecule has 2 amide bonds. The quantitative estimate of drug-likeness (QED) is 0.557. The van der Waals surface area contributed by atoms with Crippen LogP contribution in [-0.2, 0) is 4.79 Å². The van der Waals surface area contributed by atoms with Crippen molar-refractivity contribution in [1.82, 2.24) is 15.0 Å². The van der Waals surface area contributed by atoms with Crippen molar-refractivity contribution < 1.29 is 9.59 Å². The van der Waals surface area contributed by atoms with Crippen LogP contribution in [0.1, 0.15) is 36.5 Å². The van der Waals surface area contributed by atoms with Gasteiger partial charge >= 0.3 is 0 Å². The maximum Gasteiger partial charge on any atom is 0.271 e. The van der Waals surface area contributed by atoms with E-state index in [2.05, 4.69) is 25.6 Å². The fraction of sp³-hybridized carbons (Fsp3) is 0.353. The lowest BCUT2D eigenvalue weighted by Gasteiger charge is -2.18. The summed E-state index contributed by atoms with van der Waals surface area (Å²) in [5.74, 6) is -0.450. The highest BCUT2D eigenvalue weighted by Gasteiger charge is 2.19. The third kappa shape index (κ3) is 5.13. The minimum atomic E-state index is -0.717. The topological polar surface area (TPSA) is 149 Å². The Kier molecular flexibility index (Phi) is 6.05. The molecule has 9 nitrogen and oxygen atoms in total. The van der Waals surface area contributed by atoms with Gasteiger partial charge in [-0.1, -0.05) is 13.8 Å². The number of pyridine rings is 1. The monoisotopic (exact) mass is 357 g/mol. The lowest BCUT2D eigenvalue weighted by Crippen LogP contribution is -2.37. The number of amides is 2. The van der Waals surface area contributed by atoms with E-state index in [-0.39, 0.29) is 17.4 Å². The summed E-state index contributed by atoms with van der Waals surface area (Å²) in [5.41, 5.74) is 12.3. The summed E-state index contributed by atoms with van der Waals surface area (Å²) >= 11 is 0. The summed E-state index contributed by atoms with van der Waals surface area (Å²) in [5, 5.41) is 5.97. The highest BCUT2D eigenvalue weighted by atomic mass is 16.1. The number of primary amides is 2. The van der Waals surface area contributed by atoms with Gasteiger partial charge in [0.1, 0.15) is 11.9 Å². The average molecular weight is 357 g/mol. The molecular formula is C17H23N7O2. The van der Waals surface area contributed by atoms with Crippen LogP contribution in [0.15, 0.2) is 24.5 Å². The summed E-state index contributed by atoms with van der Waals surface area (Å²) < 4.78 is 0. The second-order valence-electron chi connectivity index (χ2n) is 6.36. The molecule has 0 aliphatic heterocycles. The van der Waals surface area contributed by atoms with Gasteiger partial charge in [-0.2, -0.15) is 0 Å². The van der Waals surface area contributed by atoms with Gasteiger partial charge in [-0.15, -0.1) is 0 Å². The first-order chi connectivity index (χ1) is 12.3. The van der Waals surface area contributed by atoms with Crippen molar-refractivity contribution in [3.8, 4) is 0 Å². The molecule has 6 N–H and O–H groups in total. The molecule has 2 aromatic heterocycles. The van der Waals surface area contributed by atoms with Crippen LogP contribution >= 0.6 is 0 Å². The molecule has 138 valence electrons. The normalized spacial score (nSPS) is 11.8. The number of anilines is 3. The van der Waals surface area contributed by atoms with Gasteiger partial charge in [-0.3, -0.25) is 14.6 Å². The van der Waals surface area contributed by atoms with E-state index >= 15 is 0 Å². The number of aryl methyl sites for hydroxylation is 1. The van der Waals surface area contributed by atoms with Crippen LogP contribution < -0.4 is 22.1 Å². The molecule has 0 aromatic carbocycles. The number of hydrogen-bond acceptors (Lipinski definition) is 7. The Morgan fingerprint density at radius 3 is 2.54 bits per heavy atom. The number of rotatable bonds is 8. The minimum absolute atomic E-state index is 0.00972. The molecule has 0 radical (unpaired) electrons. The molecule has 9 heteroatoms. The van der Waals surface area contributed by atoms with E-state index in [0.29, 0.717) is 17.9 Å². The van der Waals surface area contributed by atoms with Crippen LogP contribution in [0.25, 0.3) is 0 Å². The zero-order valence-electron chi connectivity index (χ0n) is 15.0. The molecule has 2 heterocycles. The molecular weight excluding hydrogens is 334 g/mol. The Morgan fingerprint density at radius 1 is 1.23 bits per heavy atom. The lowest BCUT2D eigenvalue weighted by atomic mass is 10.0. The summed E-state index contributed by atoms with van der Waals surface area (Å²) in [6.07, 6.45) is 3.52. The molecule has 0 fully saturated rings. The minimum Gasteiger partial charge on any atom is -0.368 e. The zero-order chi connectivity index (χ0) is 19.3. The predicted molar refractivity (Wildman–Crippen MR) is 98.9 cm³/mol. The van der Waals surface area contributed by atoms with E-state index in [0.717, 1.165) is 5.69 Å². The van der Waals surface area contributed by atoms with E-state index in [1.54, 1.807) is 18.3 Å². The Hall–Kier alpha value is -3.23. The summed E-state index contributed by atoms with van der Waals surface area (Å²) in [6.45, 7) is 5.81. The third-order valence-electron chi connectivity index (χ3n) is 3.54. The molecule has 1 atom stereocenters. The van der Waals surface area contributed by atoms with E-state index in [4.69, 9.17) is 11.5 Å². The number of carbonyl (C=O) groups is 2. The van der Waals surface area contributed by atoms with Crippen molar-refractivity contribution in [3.63, 3.8) is 0 Å². The first-order valence-electron chi connectivity index (χ1n) is 8.18. The summed E-state index contributed by atoms with van der Waals surface area (Å²) in [4.78, 5) is 35.8. The van der Waals surface area contributed by atoms with Crippen molar-refractivity contribution in [3.05, 3.63) is 35.9 Å². The van der Waals surface area contributed by atoms with Crippen molar-refractivity contribution in [1.29, 1.82) is 0 Å².